The first-order chi connectivity index (χ1) is 9.38. The van der Waals surface area contributed by atoms with Crippen molar-refractivity contribution < 1.29 is 13.3 Å². The van der Waals surface area contributed by atoms with Gasteiger partial charge in [0.1, 0.15) is 0 Å². The molecule has 104 valence electrons. The molecule has 0 aliphatic rings. The quantitative estimate of drug-likeness (QED) is 0.668. The van der Waals surface area contributed by atoms with Crippen molar-refractivity contribution in [1.29, 1.82) is 0 Å². The van der Waals surface area contributed by atoms with E-state index >= 15 is 0 Å². The highest BCUT2D eigenvalue weighted by molar-refractivity contribution is 9.10. The minimum atomic E-state index is -3.81. The normalized spacial score (nSPS) is 11.1. The third-order valence-corrected chi connectivity index (χ3v) is 4.15. The predicted octanol–water partition coefficient (Wildman–Crippen LogP) is 2.55. The molecule has 1 aromatic heterocycles. The van der Waals surface area contributed by atoms with Crippen molar-refractivity contribution in [3.8, 4) is 0 Å². The minimum Gasteiger partial charge on any atom is -0.278 e. The predicted molar refractivity (Wildman–Crippen MR) is 75.8 cm³/mol. The number of aromatic nitrogens is 1. The lowest BCUT2D eigenvalue weighted by Gasteiger charge is -2.07. The molecule has 0 spiro atoms. The lowest BCUT2D eigenvalue weighted by molar-refractivity contribution is -0.384. The maximum absolute atomic E-state index is 12.1. The topological polar surface area (TPSA) is 102 Å². The highest BCUT2D eigenvalue weighted by Crippen LogP contribution is 2.20. The van der Waals surface area contributed by atoms with E-state index < -0.39 is 14.9 Å². The number of benzene rings is 1. The standard InChI is InChI=1S/C11H8BrN3O4S/c12-8-5-9(7-13-6-8)14-20(18,19)11-3-1-10(2-4-11)15(16)17/h1-7,14H. The molecule has 0 radical (unpaired) electrons. The molecule has 0 saturated carbocycles. The number of hydrogen-bond donors (Lipinski definition) is 1. The van der Waals surface area contributed by atoms with Crippen molar-refractivity contribution in [2.45, 2.75) is 4.90 Å². The monoisotopic (exact) mass is 357 g/mol. The van der Waals surface area contributed by atoms with E-state index in [0.29, 0.717) is 4.47 Å². The van der Waals surface area contributed by atoms with Crippen LogP contribution in [-0.4, -0.2) is 18.3 Å². The number of nitrogens with zero attached hydrogens (tertiary/aromatic N) is 2. The highest BCUT2D eigenvalue weighted by atomic mass is 79.9. The lowest BCUT2D eigenvalue weighted by atomic mass is 10.3. The van der Waals surface area contributed by atoms with E-state index in [1.54, 1.807) is 6.07 Å². The zero-order valence-electron chi connectivity index (χ0n) is 9.86. The minimum absolute atomic E-state index is 0.0666. The molecule has 2 rings (SSSR count). The van der Waals surface area contributed by atoms with Gasteiger partial charge in [-0.25, -0.2) is 8.42 Å². The average molecular weight is 358 g/mol. The summed E-state index contributed by atoms with van der Waals surface area (Å²) in [7, 11) is -3.81. The molecule has 0 aliphatic carbocycles. The molecule has 0 atom stereocenters. The van der Waals surface area contributed by atoms with Gasteiger partial charge in [0.05, 0.1) is 21.7 Å². The van der Waals surface area contributed by atoms with Crippen LogP contribution < -0.4 is 4.72 Å². The van der Waals surface area contributed by atoms with Crippen LogP contribution in [0.5, 0.6) is 0 Å². The molecule has 7 nitrogen and oxygen atoms in total. The van der Waals surface area contributed by atoms with Crippen molar-refractivity contribution in [3.63, 3.8) is 0 Å². The molecule has 20 heavy (non-hydrogen) atoms. The van der Waals surface area contributed by atoms with Crippen LogP contribution in [0, 0.1) is 10.1 Å². The fraction of sp³-hybridized carbons (Fsp3) is 0. The summed E-state index contributed by atoms with van der Waals surface area (Å²) < 4.78 is 27.1. The van der Waals surface area contributed by atoms with Crippen molar-refractivity contribution in [1.82, 2.24) is 4.98 Å². The third-order valence-electron chi connectivity index (χ3n) is 2.31. The molecule has 0 fully saturated rings. The van der Waals surface area contributed by atoms with Gasteiger partial charge in [-0.3, -0.25) is 19.8 Å². The summed E-state index contributed by atoms with van der Waals surface area (Å²) in [5, 5.41) is 10.5. The first kappa shape index (κ1) is 14.4. The number of sulfonamides is 1. The van der Waals surface area contributed by atoms with E-state index in [-0.39, 0.29) is 16.3 Å². The van der Waals surface area contributed by atoms with Gasteiger partial charge in [0.25, 0.3) is 15.7 Å². The van der Waals surface area contributed by atoms with Crippen LogP contribution in [-0.2, 0) is 10.0 Å². The van der Waals surface area contributed by atoms with Crippen LogP contribution in [0.2, 0.25) is 0 Å². The molecular formula is C11H8BrN3O4S. The zero-order valence-corrected chi connectivity index (χ0v) is 12.3. The van der Waals surface area contributed by atoms with E-state index in [1.807, 2.05) is 0 Å². The molecule has 0 bridgehead atoms. The summed E-state index contributed by atoms with van der Waals surface area (Å²) in [5.41, 5.74) is 0.116. The third kappa shape index (κ3) is 3.31. The first-order valence-electron chi connectivity index (χ1n) is 5.26. The van der Waals surface area contributed by atoms with Crippen LogP contribution in [0.1, 0.15) is 0 Å². The number of anilines is 1. The summed E-state index contributed by atoms with van der Waals surface area (Å²) in [5.74, 6) is 0. The SMILES string of the molecule is O=[N+]([O-])c1ccc(S(=O)(=O)Nc2cncc(Br)c2)cc1. The Morgan fingerprint density at radius 3 is 2.40 bits per heavy atom. The Morgan fingerprint density at radius 1 is 1.20 bits per heavy atom. The van der Waals surface area contributed by atoms with Gasteiger partial charge in [-0.05, 0) is 34.1 Å². The number of nitrogens with one attached hydrogen (secondary N) is 1. The molecule has 0 saturated heterocycles. The Kier molecular flexibility index (Phi) is 4.00. The lowest BCUT2D eigenvalue weighted by Crippen LogP contribution is -2.13. The summed E-state index contributed by atoms with van der Waals surface area (Å²) >= 11 is 3.18. The van der Waals surface area contributed by atoms with E-state index in [9.17, 15) is 18.5 Å². The number of pyridine rings is 1. The van der Waals surface area contributed by atoms with Gasteiger partial charge in [0.15, 0.2) is 0 Å². The van der Waals surface area contributed by atoms with Crippen LogP contribution in [0.25, 0.3) is 0 Å². The summed E-state index contributed by atoms with van der Waals surface area (Å²) in [6.45, 7) is 0. The second kappa shape index (κ2) is 5.55. The largest absolute Gasteiger partial charge is 0.278 e. The molecule has 0 aliphatic heterocycles. The second-order valence-corrected chi connectivity index (χ2v) is 6.35. The van der Waals surface area contributed by atoms with Gasteiger partial charge < -0.3 is 0 Å². The Labute approximate surface area is 123 Å². The van der Waals surface area contributed by atoms with E-state index in [2.05, 4.69) is 25.6 Å². The van der Waals surface area contributed by atoms with Crippen LogP contribution in [0.3, 0.4) is 0 Å². The molecule has 1 N–H and O–H groups in total. The number of halogens is 1. The Hall–Kier alpha value is -2.00. The number of non-ortho nitro benzene ring substituents is 1. The summed E-state index contributed by atoms with van der Waals surface area (Å²) in [6.07, 6.45) is 2.87. The van der Waals surface area contributed by atoms with Gasteiger partial charge in [-0.15, -0.1) is 0 Å². The van der Waals surface area contributed by atoms with Crippen molar-refractivity contribution in [2.24, 2.45) is 0 Å². The van der Waals surface area contributed by atoms with Crippen molar-refractivity contribution in [3.05, 3.63) is 57.3 Å². The van der Waals surface area contributed by atoms with Crippen molar-refractivity contribution >= 4 is 37.3 Å². The average Bonchev–Trinajstić information content (AvgIpc) is 2.38. The number of rotatable bonds is 4. The van der Waals surface area contributed by atoms with Gasteiger partial charge in [-0.1, -0.05) is 0 Å². The maximum Gasteiger partial charge on any atom is 0.269 e. The Balaban J connectivity index is 2.28. The number of nitro groups is 1. The Morgan fingerprint density at radius 2 is 1.85 bits per heavy atom. The number of nitro benzene ring substituents is 1. The van der Waals surface area contributed by atoms with Gasteiger partial charge in [0.2, 0.25) is 0 Å². The van der Waals surface area contributed by atoms with Crippen LogP contribution >= 0.6 is 15.9 Å². The van der Waals surface area contributed by atoms with Gasteiger partial charge in [0, 0.05) is 22.8 Å². The van der Waals surface area contributed by atoms with E-state index in [0.717, 1.165) is 12.1 Å². The first-order valence-corrected chi connectivity index (χ1v) is 7.54. The fourth-order valence-electron chi connectivity index (χ4n) is 1.43. The van der Waals surface area contributed by atoms with E-state index in [4.69, 9.17) is 0 Å². The van der Waals surface area contributed by atoms with Crippen molar-refractivity contribution in [2.75, 3.05) is 4.72 Å². The fourth-order valence-corrected chi connectivity index (χ4v) is 2.83. The van der Waals surface area contributed by atoms with Gasteiger partial charge in [-0.2, -0.15) is 0 Å². The maximum atomic E-state index is 12.1. The van der Waals surface area contributed by atoms with E-state index in [1.165, 1.54) is 24.5 Å². The van der Waals surface area contributed by atoms with Crippen LogP contribution in [0.15, 0.2) is 52.1 Å². The number of hydrogen-bond acceptors (Lipinski definition) is 5. The molecule has 2 aromatic rings. The summed E-state index contributed by atoms with van der Waals surface area (Å²) in [4.78, 5) is 13.7. The second-order valence-electron chi connectivity index (χ2n) is 3.75. The molecule has 9 heteroatoms. The van der Waals surface area contributed by atoms with Gasteiger partial charge >= 0.3 is 0 Å². The Bertz CT molecular complexity index is 747. The molecule has 1 heterocycles. The molecule has 0 unspecified atom stereocenters. The molecule has 1 aromatic carbocycles. The zero-order chi connectivity index (χ0) is 14.8. The van der Waals surface area contributed by atoms with Crippen LogP contribution in [0.4, 0.5) is 11.4 Å². The molecular weight excluding hydrogens is 350 g/mol. The molecule has 0 amide bonds. The smallest absolute Gasteiger partial charge is 0.269 e. The summed E-state index contributed by atoms with van der Waals surface area (Å²) in [6, 6.07) is 6.16. The highest BCUT2D eigenvalue weighted by Gasteiger charge is 2.16.